The zero-order valence-electron chi connectivity index (χ0n) is 17.5. The number of carbonyl (C=O) groups excluding carboxylic acids is 3. The zero-order chi connectivity index (χ0) is 22.5. The van der Waals surface area contributed by atoms with Crippen LogP contribution in [0.4, 0.5) is 9.59 Å². The third-order valence-corrected chi connectivity index (χ3v) is 5.14. The fraction of sp³-hybridized carbons (Fsp3) is 0.292. The summed E-state index contributed by atoms with van der Waals surface area (Å²) in [6.07, 6.45) is -0.703. The molecule has 166 valence electrons. The minimum atomic E-state index is -0.824. The summed E-state index contributed by atoms with van der Waals surface area (Å²) in [5.41, 5.74) is 1.58. The maximum Gasteiger partial charge on any atom is 0.420 e. The Balaban J connectivity index is 1.47. The summed E-state index contributed by atoms with van der Waals surface area (Å²) in [5.74, 6) is -0.0562. The molecule has 2 aliphatic rings. The highest BCUT2D eigenvalue weighted by Gasteiger charge is 2.55. The van der Waals surface area contributed by atoms with E-state index in [1.807, 2.05) is 60.7 Å². The average molecular weight is 437 g/mol. The number of amides is 2. The average Bonchev–Trinajstić information content (AvgIpc) is 3.60. The van der Waals surface area contributed by atoms with Gasteiger partial charge in [0, 0.05) is 6.92 Å². The molecule has 0 saturated carbocycles. The Kier molecular flexibility index (Phi) is 6.51. The minimum absolute atomic E-state index is 0.0122. The number of ether oxygens (including phenoxy) is 4. The molecule has 4 rings (SSSR count). The second-order valence-corrected chi connectivity index (χ2v) is 7.47. The van der Waals surface area contributed by atoms with Crippen molar-refractivity contribution in [2.45, 2.75) is 44.8 Å². The second kappa shape index (κ2) is 9.65. The predicted octanol–water partition coefficient (Wildman–Crippen LogP) is 3.95. The summed E-state index contributed by atoms with van der Waals surface area (Å²) in [4.78, 5) is 38.1. The lowest BCUT2D eigenvalue weighted by atomic mass is 9.99. The van der Waals surface area contributed by atoms with E-state index in [1.54, 1.807) is 6.08 Å². The number of imide groups is 1. The molecule has 2 aromatic carbocycles. The van der Waals surface area contributed by atoms with E-state index in [0.717, 1.165) is 16.0 Å². The monoisotopic (exact) mass is 437 g/mol. The van der Waals surface area contributed by atoms with Gasteiger partial charge in [-0.2, -0.15) is 0 Å². The third kappa shape index (κ3) is 5.15. The highest BCUT2D eigenvalue weighted by Crippen LogP contribution is 2.40. The largest absolute Gasteiger partial charge is 0.444 e. The van der Waals surface area contributed by atoms with Gasteiger partial charge >= 0.3 is 18.2 Å². The van der Waals surface area contributed by atoms with Gasteiger partial charge < -0.3 is 18.9 Å². The van der Waals surface area contributed by atoms with Crippen molar-refractivity contribution in [1.29, 1.82) is 0 Å². The molecule has 0 radical (unpaired) electrons. The number of carbonyl (C=O) groups is 3. The van der Waals surface area contributed by atoms with Crippen LogP contribution in [0.3, 0.4) is 0 Å². The van der Waals surface area contributed by atoms with Crippen molar-refractivity contribution in [3.63, 3.8) is 0 Å². The number of benzene rings is 2. The quantitative estimate of drug-likeness (QED) is 0.384. The van der Waals surface area contributed by atoms with Gasteiger partial charge in [0.2, 0.25) is 0 Å². The summed E-state index contributed by atoms with van der Waals surface area (Å²) in [7, 11) is 0. The number of esters is 1. The van der Waals surface area contributed by atoms with Gasteiger partial charge in [0.15, 0.2) is 0 Å². The molecule has 1 aliphatic heterocycles. The van der Waals surface area contributed by atoms with Gasteiger partial charge in [0.1, 0.15) is 31.2 Å². The van der Waals surface area contributed by atoms with Gasteiger partial charge in [-0.15, -0.1) is 0 Å². The molecule has 1 aliphatic carbocycles. The van der Waals surface area contributed by atoms with Gasteiger partial charge in [0.05, 0.1) is 6.04 Å². The molecule has 2 aromatic rings. The standard InChI is InChI=1S/C24H23NO7/c1-16(26)31-20-13-12-19(21-22(20)32-21)25(23(27)29-14-17-8-4-2-5-9-17)24(28)30-15-18-10-6-3-7-11-18/h2-11,13,19,21-22H,12,14-15H2,1H3/t19-,21+,22-/m1/s1. The van der Waals surface area contributed by atoms with Crippen molar-refractivity contribution in [1.82, 2.24) is 4.90 Å². The number of epoxide rings is 1. The number of hydrogen-bond donors (Lipinski definition) is 0. The molecule has 8 heteroatoms. The van der Waals surface area contributed by atoms with E-state index >= 15 is 0 Å². The normalized spacial score (nSPS) is 20.9. The molecule has 32 heavy (non-hydrogen) atoms. The Bertz CT molecular complexity index is 950. The zero-order valence-corrected chi connectivity index (χ0v) is 17.5. The number of rotatable bonds is 6. The first-order chi connectivity index (χ1) is 15.5. The molecule has 1 heterocycles. The molecule has 0 aromatic heterocycles. The highest BCUT2D eigenvalue weighted by molar-refractivity contribution is 5.88. The maximum atomic E-state index is 12.9. The van der Waals surface area contributed by atoms with E-state index in [1.165, 1.54) is 6.92 Å². The number of hydrogen-bond acceptors (Lipinski definition) is 7. The number of fused-ring (bicyclic) bond motifs is 1. The second-order valence-electron chi connectivity index (χ2n) is 7.47. The molecule has 1 saturated heterocycles. The lowest BCUT2D eigenvalue weighted by molar-refractivity contribution is -0.137. The van der Waals surface area contributed by atoms with Gasteiger partial charge in [-0.3, -0.25) is 4.79 Å². The Labute approximate surface area is 185 Å². The molecular formula is C24H23NO7. The number of nitrogens with zero attached hydrogens (tertiary/aromatic N) is 1. The van der Waals surface area contributed by atoms with Crippen LogP contribution in [0.1, 0.15) is 24.5 Å². The van der Waals surface area contributed by atoms with Gasteiger partial charge in [-0.1, -0.05) is 60.7 Å². The summed E-state index contributed by atoms with van der Waals surface area (Å²) in [6.45, 7) is 1.33. The van der Waals surface area contributed by atoms with Crippen molar-refractivity contribution >= 4 is 18.2 Å². The first-order valence-corrected chi connectivity index (χ1v) is 10.3. The summed E-state index contributed by atoms with van der Waals surface area (Å²) >= 11 is 0. The first-order valence-electron chi connectivity index (χ1n) is 10.3. The molecule has 2 amide bonds. The van der Waals surface area contributed by atoms with Crippen LogP contribution in [-0.4, -0.2) is 41.3 Å². The summed E-state index contributed by atoms with van der Waals surface area (Å²) in [6, 6.07) is 17.7. The van der Waals surface area contributed by atoms with Crippen LogP contribution in [-0.2, 0) is 37.0 Å². The molecule has 0 N–H and O–H groups in total. The molecule has 8 nitrogen and oxygen atoms in total. The van der Waals surface area contributed by atoms with Crippen LogP contribution in [0, 0.1) is 0 Å². The lowest BCUT2D eigenvalue weighted by Gasteiger charge is -2.28. The Morgan fingerprint density at radius 3 is 1.94 bits per heavy atom. The van der Waals surface area contributed by atoms with Gasteiger partial charge in [-0.05, 0) is 23.6 Å². The lowest BCUT2D eigenvalue weighted by Crippen LogP contribution is -2.49. The van der Waals surface area contributed by atoms with E-state index in [9.17, 15) is 14.4 Å². The Morgan fingerprint density at radius 2 is 1.44 bits per heavy atom. The van der Waals surface area contributed by atoms with Crippen LogP contribution in [0.15, 0.2) is 72.5 Å². The molecular weight excluding hydrogens is 414 g/mol. The molecule has 1 fully saturated rings. The molecule has 0 spiro atoms. The summed E-state index contributed by atoms with van der Waals surface area (Å²) < 4.78 is 21.6. The van der Waals surface area contributed by atoms with E-state index in [2.05, 4.69) is 0 Å². The van der Waals surface area contributed by atoms with Crippen molar-refractivity contribution in [2.75, 3.05) is 0 Å². The van der Waals surface area contributed by atoms with Gasteiger partial charge in [-0.25, -0.2) is 14.5 Å². The van der Waals surface area contributed by atoms with Crippen molar-refractivity contribution in [2.24, 2.45) is 0 Å². The van der Waals surface area contributed by atoms with Gasteiger partial charge in [0.25, 0.3) is 0 Å². The molecule has 0 unspecified atom stereocenters. The van der Waals surface area contributed by atoms with Crippen LogP contribution >= 0.6 is 0 Å². The molecule has 3 atom stereocenters. The Hall–Kier alpha value is -3.65. The van der Waals surface area contributed by atoms with Crippen molar-refractivity contribution in [3.8, 4) is 0 Å². The van der Waals surface area contributed by atoms with E-state index in [4.69, 9.17) is 18.9 Å². The molecule has 0 bridgehead atoms. The van der Waals surface area contributed by atoms with E-state index < -0.39 is 36.4 Å². The maximum absolute atomic E-state index is 12.9. The van der Waals surface area contributed by atoms with E-state index in [0.29, 0.717) is 5.76 Å². The van der Waals surface area contributed by atoms with Crippen molar-refractivity contribution in [3.05, 3.63) is 83.6 Å². The van der Waals surface area contributed by atoms with Crippen molar-refractivity contribution < 1.29 is 33.3 Å². The highest BCUT2D eigenvalue weighted by atomic mass is 16.6. The fourth-order valence-electron chi connectivity index (χ4n) is 3.57. The predicted molar refractivity (Wildman–Crippen MR) is 112 cm³/mol. The first kappa shape index (κ1) is 21.6. The Morgan fingerprint density at radius 1 is 0.906 bits per heavy atom. The van der Waals surface area contributed by atoms with Crippen LogP contribution in [0.2, 0.25) is 0 Å². The van der Waals surface area contributed by atoms with Crippen LogP contribution in [0.25, 0.3) is 0 Å². The topological polar surface area (TPSA) is 94.7 Å². The summed E-state index contributed by atoms with van der Waals surface area (Å²) in [5, 5.41) is 0. The fourth-order valence-corrected chi connectivity index (χ4v) is 3.57. The SMILES string of the molecule is CC(=O)OC1=CC[C@@H](N(C(=O)OCc2ccccc2)C(=O)OCc2ccccc2)[C@@H]2O[C@H]12. The minimum Gasteiger partial charge on any atom is -0.444 e. The van der Waals surface area contributed by atoms with E-state index in [-0.39, 0.29) is 19.6 Å². The third-order valence-electron chi connectivity index (χ3n) is 5.14. The van der Waals surface area contributed by atoms with Crippen LogP contribution in [0.5, 0.6) is 0 Å². The smallest absolute Gasteiger partial charge is 0.420 e. The van der Waals surface area contributed by atoms with Crippen LogP contribution < -0.4 is 0 Å².